The Morgan fingerprint density at radius 2 is 1.75 bits per heavy atom. The van der Waals surface area contributed by atoms with Crippen LogP contribution in [-0.2, 0) is 38.7 Å². The highest BCUT2D eigenvalue weighted by atomic mass is 79.9. The predicted octanol–water partition coefficient (Wildman–Crippen LogP) is 2.16. The van der Waals surface area contributed by atoms with Gasteiger partial charge in [0.2, 0.25) is 21.8 Å². The highest BCUT2D eigenvalue weighted by Gasteiger charge is 2.63. The van der Waals surface area contributed by atoms with Crippen molar-refractivity contribution in [2.75, 3.05) is 20.6 Å². The number of rotatable bonds is 7. The van der Waals surface area contributed by atoms with Gasteiger partial charge in [0, 0.05) is 37.5 Å². The molecule has 0 spiro atoms. The normalized spacial score (nSPS) is 29.6. The molecule has 5 atom stereocenters. The average molecular weight is 773 g/mol. The molecule has 3 fully saturated rings. The van der Waals surface area contributed by atoms with E-state index >= 15 is 0 Å². The summed E-state index contributed by atoms with van der Waals surface area (Å²) in [6.45, 7) is 1.27. The van der Waals surface area contributed by atoms with E-state index in [2.05, 4.69) is 31.3 Å². The summed E-state index contributed by atoms with van der Waals surface area (Å²) in [5, 5.41) is 5.48. The Morgan fingerprint density at radius 3 is 2.40 bits per heavy atom. The molecule has 1 aromatic carbocycles. The van der Waals surface area contributed by atoms with Gasteiger partial charge in [0.15, 0.2) is 0 Å². The summed E-state index contributed by atoms with van der Waals surface area (Å²) in [7, 11) is -5.26. The predicted molar refractivity (Wildman–Crippen MR) is 178 cm³/mol. The van der Waals surface area contributed by atoms with Crippen molar-refractivity contribution in [3.8, 4) is 0 Å². The number of nitrogens with zero attached hydrogens (tertiary/aromatic N) is 2. The molecule has 48 heavy (non-hydrogen) atoms. The first-order chi connectivity index (χ1) is 22.5. The molecule has 5 amide bonds. The summed E-state index contributed by atoms with van der Waals surface area (Å²) < 4.78 is 59.7. The Hall–Kier alpha value is -3.02. The number of benzene rings is 1. The third-order valence-electron chi connectivity index (χ3n) is 9.54. The average Bonchev–Trinajstić information content (AvgIpc) is 3.89. The third-order valence-corrected chi connectivity index (χ3v) is 13.6. The van der Waals surface area contributed by atoms with Crippen LogP contribution in [0.4, 0.5) is 4.79 Å². The molecule has 2 heterocycles. The smallest absolute Gasteiger partial charge is 0.317 e. The standard InChI is InChI=1S/C31H42BrN5O9S2/c1-30(15-16-30)48(44,45)35-28(40)31-18-20(31)9-7-5-4-6-8-10-24(33-29(41)36(2)3)27(39)37-19-22(17-25(37)26(38)34-31)46-47(42,43)23-13-11-21(32)12-14-23/h7,9,11-14,20,22,24-25H,4-6,8,10,15-19H2,1-3H3,(H,33,41)(H,34,38)(H,35,40)/b9-7-/t20-,22+,24+,25+,31-/m1/s1. The number of carbonyl (C=O) groups is 4. The minimum Gasteiger partial charge on any atom is -0.339 e. The Labute approximate surface area is 289 Å². The van der Waals surface area contributed by atoms with Gasteiger partial charge in [0.05, 0.1) is 15.7 Å². The van der Waals surface area contributed by atoms with Crippen LogP contribution in [0.5, 0.6) is 0 Å². The Morgan fingerprint density at radius 1 is 1.06 bits per heavy atom. The van der Waals surface area contributed by atoms with E-state index in [1.807, 2.05) is 6.08 Å². The molecule has 1 aromatic rings. The number of amides is 5. The number of hydrogen-bond donors (Lipinski definition) is 3. The Balaban J connectivity index is 1.45. The summed E-state index contributed by atoms with van der Waals surface area (Å²) in [6, 6.07) is 2.99. The van der Waals surface area contributed by atoms with Crippen LogP contribution in [0, 0.1) is 5.92 Å². The van der Waals surface area contributed by atoms with E-state index in [4.69, 9.17) is 4.18 Å². The van der Waals surface area contributed by atoms with E-state index in [9.17, 15) is 36.0 Å². The van der Waals surface area contributed by atoms with Gasteiger partial charge in [-0.2, -0.15) is 8.42 Å². The van der Waals surface area contributed by atoms with Gasteiger partial charge in [-0.15, -0.1) is 0 Å². The van der Waals surface area contributed by atoms with Crippen molar-refractivity contribution in [3.05, 3.63) is 40.9 Å². The first kappa shape index (κ1) is 36.3. The number of carbonyl (C=O) groups excluding carboxylic acids is 4. The van der Waals surface area contributed by atoms with Crippen LogP contribution in [-0.4, -0.2) is 99.5 Å². The van der Waals surface area contributed by atoms with Crippen LogP contribution in [0.15, 0.2) is 45.8 Å². The molecule has 2 aliphatic heterocycles. The Kier molecular flexibility index (Phi) is 10.4. The second-order valence-electron chi connectivity index (χ2n) is 13.5. The van der Waals surface area contributed by atoms with E-state index in [0.29, 0.717) is 30.2 Å². The number of sulfonamides is 1. The monoisotopic (exact) mass is 771 g/mol. The van der Waals surface area contributed by atoms with E-state index in [1.165, 1.54) is 36.0 Å². The van der Waals surface area contributed by atoms with Crippen LogP contribution in [0.1, 0.15) is 64.7 Å². The molecule has 17 heteroatoms. The molecule has 2 saturated carbocycles. The zero-order valence-electron chi connectivity index (χ0n) is 27.1. The van der Waals surface area contributed by atoms with Gasteiger partial charge < -0.3 is 20.4 Å². The molecule has 2 aliphatic carbocycles. The minimum absolute atomic E-state index is 0.115. The van der Waals surface area contributed by atoms with Crippen molar-refractivity contribution in [1.29, 1.82) is 0 Å². The summed E-state index contributed by atoms with van der Waals surface area (Å²) in [5.41, 5.74) is -1.58. The number of halogens is 1. The van der Waals surface area contributed by atoms with Crippen LogP contribution < -0.4 is 15.4 Å². The highest BCUT2D eigenvalue weighted by Crippen LogP contribution is 2.47. The fourth-order valence-corrected chi connectivity index (χ4v) is 8.70. The van der Waals surface area contributed by atoms with Crippen LogP contribution in [0.3, 0.4) is 0 Å². The molecule has 0 aromatic heterocycles. The van der Waals surface area contributed by atoms with Crippen LogP contribution >= 0.6 is 15.9 Å². The molecule has 3 N–H and O–H groups in total. The van der Waals surface area contributed by atoms with E-state index in [-0.39, 0.29) is 30.7 Å². The SMILES string of the molecule is CN(C)C(=O)N[C@H]1CCCCC/C=C\[C@@H]2C[C@@]2(C(=O)NS(=O)(=O)C2(C)CC2)NC(=O)[C@@H]2C[C@H](OS(=O)(=O)c3ccc(Br)cc3)CN2C1=O. The second kappa shape index (κ2) is 13.7. The molecule has 14 nitrogen and oxygen atoms in total. The Bertz CT molecular complexity index is 1700. The van der Waals surface area contributed by atoms with Gasteiger partial charge in [0.1, 0.15) is 17.6 Å². The first-order valence-corrected chi connectivity index (χ1v) is 19.7. The lowest BCUT2D eigenvalue weighted by atomic mass is 10.0. The van der Waals surface area contributed by atoms with Crippen molar-refractivity contribution in [2.45, 2.75) is 98.1 Å². The topological polar surface area (TPSA) is 188 Å². The van der Waals surface area contributed by atoms with Crippen molar-refractivity contribution in [1.82, 2.24) is 25.2 Å². The minimum atomic E-state index is -4.30. The van der Waals surface area contributed by atoms with Crippen LogP contribution in [0.2, 0.25) is 0 Å². The van der Waals surface area contributed by atoms with Crippen LogP contribution in [0.25, 0.3) is 0 Å². The summed E-state index contributed by atoms with van der Waals surface area (Å²) in [5.74, 6) is -2.71. The van der Waals surface area contributed by atoms with E-state index in [0.717, 1.165) is 12.8 Å². The van der Waals surface area contributed by atoms with Crippen molar-refractivity contribution < 1.29 is 40.2 Å². The lowest BCUT2D eigenvalue weighted by Gasteiger charge is -2.30. The second-order valence-corrected chi connectivity index (χ2v) is 18.2. The van der Waals surface area contributed by atoms with Gasteiger partial charge in [-0.05, 0) is 69.7 Å². The molecule has 0 radical (unpaired) electrons. The maximum atomic E-state index is 14.1. The zero-order valence-corrected chi connectivity index (χ0v) is 30.3. The van der Waals surface area contributed by atoms with E-state index in [1.54, 1.807) is 25.1 Å². The molecule has 264 valence electrons. The largest absolute Gasteiger partial charge is 0.339 e. The van der Waals surface area contributed by atoms with Crippen molar-refractivity contribution >= 4 is 59.8 Å². The quantitative estimate of drug-likeness (QED) is 0.276. The maximum absolute atomic E-state index is 14.1. The molecule has 5 rings (SSSR count). The van der Waals surface area contributed by atoms with Gasteiger partial charge in [-0.1, -0.05) is 40.9 Å². The first-order valence-electron chi connectivity index (χ1n) is 16.0. The zero-order chi connectivity index (χ0) is 35.1. The maximum Gasteiger partial charge on any atom is 0.317 e. The van der Waals surface area contributed by atoms with Gasteiger partial charge in [-0.25, -0.2) is 13.2 Å². The van der Waals surface area contributed by atoms with E-state index < -0.39 is 78.3 Å². The summed E-state index contributed by atoms with van der Waals surface area (Å²) in [6.07, 6.45) is 6.35. The van der Waals surface area contributed by atoms with Crippen molar-refractivity contribution in [3.63, 3.8) is 0 Å². The number of nitrogens with one attached hydrogen (secondary N) is 3. The number of allylic oxidation sites excluding steroid dienone is 1. The summed E-state index contributed by atoms with van der Waals surface area (Å²) >= 11 is 3.27. The third kappa shape index (κ3) is 7.73. The molecule has 1 saturated heterocycles. The number of urea groups is 1. The van der Waals surface area contributed by atoms with Gasteiger partial charge >= 0.3 is 6.03 Å². The molecular weight excluding hydrogens is 730 g/mol. The lowest BCUT2D eigenvalue weighted by molar-refractivity contribution is -0.141. The highest BCUT2D eigenvalue weighted by molar-refractivity contribution is 9.10. The lowest BCUT2D eigenvalue weighted by Crippen LogP contribution is -2.59. The van der Waals surface area contributed by atoms with Gasteiger partial charge in [-0.3, -0.25) is 23.3 Å². The number of hydrogen-bond acceptors (Lipinski definition) is 9. The number of fused-ring (bicyclic) bond motifs is 2. The fourth-order valence-electron chi connectivity index (χ4n) is 6.04. The molecule has 0 unspecified atom stereocenters. The fraction of sp³-hybridized carbons (Fsp3) is 0.613. The molecule has 0 bridgehead atoms. The summed E-state index contributed by atoms with van der Waals surface area (Å²) in [4.78, 5) is 56.9. The molecular formula is C31H42BrN5O9S2. The molecule has 4 aliphatic rings. The van der Waals surface area contributed by atoms with Crippen molar-refractivity contribution in [2.24, 2.45) is 5.92 Å². The van der Waals surface area contributed by atoms with Gasteiger partial charge in [0.25, 0.3) is 16.0 Å².